The van der Waals surface area contributed by atoms with Crippen LogP contribution in [0.4, 0.5) is 26.0 Å². The van der Waals surface area contributed by atoms with E-state index >= 15 is 0 Å². The Morgan fingerprint density at radius 3 is 2.65 bits per heavy atom. The minimum absolute atomic E-state index is 0.0991. The van der Waals surface area contributed by atoms with E-state index in [0.717, 1.165) is 17.0 Å². The summed E-state index contributed by atoms with van der Waals surface area (Å²) in [5.41, 5.74) is 2.06. The van der Waals surface area contributed by atoms with Gasteiger partial charge in [0.25, 0.3) is 0 Å². The summed E-state index contributed by atoms with van der Waals surface area (Å²) in [4.78, 5) is 16.6. The number of carbonyl (C=O) groups excluding carboxylic acids is 1. The average Bonchev–Trinajstić information content (AvgIpc) is 2.41. The first-order valence-electron chi connectivity index (χ1n) is 5.65. The first-order chi connectivity index (χ1) is 9.52. The Morgan fingerprint density at radius 1 is 1.30 bits per heavy atom. The Labute approximate surface area is 113 Å². The number of amides is 1. The minimum Gasteiger partial charge on any atom is -0.291 e. The number of nitrogens with zero attached hydrogens (tertiary/aromatic N) is 2. The molecule has 7 heteroatoms. The molecule has 0 aliphatic carbocycles. The molecule has 0 spiro atoms. The Morgan fingerprint density at radius 2 is 2.05 bits per heavy atom. The molecule has 0 saturated heterocycles. The van der Waals surface area contributed by atoms with E-state index in [0.29, 0.717) is 6.07 Å². The molecule has 5 nitrogen and oxygen atoms in total. The van der Waals surface area contributed by atoms with Gasteiger partial charge >= 0.3 is 0 Å². The molecular formula is C13H11F2N3O2. The second-order valence-corrected chi connectivity index (χ2v) is 3.96. The number of hydrogen-bond acceptors (Lipinski definition) is 4. The van der Waals surface area contributed by atoms with Crippen LogP contribution in [0, 0.1) is 11.6 Å². The van der Waals surface area contributed by atoms with Crippen molar-refractivity contribution in [1.29, 1.82) is 0 Å². The first-order valence-corrected chi connectivity index (χ1v) is 5.65. The third-order valence-corrected chi connectivity index (χ3v) is 2.57. The van der Waals surface area contributed by atoms with Gasteiger partial charge in [-0.15, -0.1) is 0 Å². The number of halogens is 2. The standard InChI is InChI=1S/C13H11F2N3O2/c1-8(19)18(12-3-2-9(14)6-11(12)15)13-7-10(17-20)4-5-16-13/h2-7,20H,1H3,(H,16,17). The second kappa shape index (κ2) is 5.62. The van der Waals surface area contributed by atoms with Gasteiger partial charge in [-0.25, -0.2) is 13.8 Å². The van der Waals surface area contributed by atoms with Crippen molar-refractivity contribution in [1.82, 2.24) is 4.98 Å². The molecular weight excluding hydrogens is 268 g/mol. The molecule has 1 aromatic carbocycles. The van der Waals surface area contributed by atoms with E-state index in [2.05, 4.69) is 4.98 Å². The fourth-order valence-corrected chi connectivity index (χ4v) is 1.73. The summed E-state index contributed by atoms with van der Waals surface area (Å²) in [6.45, 7) is 1.23. The average molecular weight is 279 g/mol. The molecule has 2 aromatic rings. The normalized spacial score (nSPS) is 10.2. The Kier molecular flexibility index (Phi) is 3.90. The Hall–Kier alpha value is -2.54. The van der Waals surface area contributed by atoms with Crippen LogP contribution >= 0.6 is 0 Å². The van der Waals surface area contributed by atoms with E-state index < -0.39 is 17.5 Å². The molecule has 0 aliphatic rings. The molecule has 20 heavy (non-hydrogen) atoms. The second-order valence-electron chi connectivity index (χ2n) is 3.96. The van der Waals surface area contributed by atoms with Gasteiger partial charge in [0.15, 0.2) is 0 Å². The topological polar surface area (TPSA) is 65.5 Å². The number of hydrogen-bond donors (Lipinski definition) is 2. The maximum atomic E-state index is 13.8. The van der Waals surface area contributed by atoms with Crippen LogP contribution in [-0.4, -0.2) is 16.1 Å². The summed E-state index contributed by atoms with van der Waals surface area (Å²) < 4.78 is 26.7. The summed E-state index contributed by atoms with van der Waals surface area (Å²) in [7, 11) is 0. The highest BCUT2D eigenvalue weighted by molar-refractivity contribution is 5.98. The first kappa shape index (κ1) is 13.9. The van der Waals surface area contributed by atoms with Gasteiger partial charge in [-0.1, -0.05) is 0 Å². The fourth-order valence-electron chi connectivity index (χ4n) is 1.73. The van der Waals surface area contributed by atoms with E-state index in [1.807, 2.05) is 5.48 Å². The zero-order chi connectivity index (χ0) is 14.7. The van der Waals surface area contributed by atoms with E-state index in [4.69, 9.17) is 5.21 Å². The van der Waals surface area contributed by atoms with Crippen LogP contribution in [0.3, 0.4) is 0 Å². The predicted octanol–water partition coefficient (Wildman–Crippen LogP) is 2.85. The summed E-state index contributed by atoms with van der Waals surface area (Å²) in [6, 6.07) is 5.68. The summed E-state index contributed by atoms with van der Waals surface area (Å²) in [5, 5.41) is 8.84. The lowest BCUT2D eigenvalue weighted by Gasteiger charge is -2.21. The van der Waals surface area contributed by atoms with E-state index in [1.165, 1.54) is 25.3 Å². The highest BCUT2D eigenvalue weighted by Crippen LogP contribution is 2.28. The number of nitrogens with one attached hydrogen (secondary N) is 1. The third-order valence-electron chi connectivity index (χ3n) is 2.57. The molecule has 2 rings (SSSR count). The number of anilines is 3. The van der Waals surface area contributed by atoms with Gasteiger partial charge in [0.1, 0.15) is 17.5 Å². The van der Waals surface area contributed by atoms with Crippen molar-refractivity contribution in [3.63, 3.8) is 0 Å². The molecule has 1 amide bonds. The summed E-state index contributed by atoms with van der Waals surface area (Å²) in [6.07, 6.45) is 1.34. The van der Waals surface area contributed by atoms with Crippen LogP contribution in [0.2, 0.25) is 0 Å². The molecule has 1 aromatic heterocycles. The third kappa shape index (κ3) is 2.72. The molecule has 104 valence electrons. The molecule has 0 atom stereocenters. The van der Waals surface area contributed by atoms with Gasteiger partial charge < -0.3 is 0 Å². The van der Waals surface area contributed by atoms with Crippen molar-refractivity contribution < 1.29 is 18.8 Å². The molecule has 0 saturated carbocycles. The van der Waals surface area contributed by atoms with Gasteiger partial charge in [-0.2, -0.15) is 0 Å². The fraction of sp³-hybridized carbons (Fsp3) is 0.0769. The van der Waals surface area contributed by atoms with Gasteiger partial charge in [0.2, 0.25) is 5.91 Å². The van der Waals surface area contributed by atoms with E-state index in [-0.39, 0.29) is 17.2 Å². The molecule has 0 aliphatic heterocycles. The quantitative estimate of drug-likeness (QED) is 0.848. The number of benzene rings is 1. The van der Waals surface area contributed by atoms with Crippen molar-refractivity contribution in [2.24, 2.45) is 0 Å². The van der Waals surface area contributed by atoms with Crippen LogP contribution in [0.25, 0.3) is 0 Å². The number of pyridine rings is 1. The van der Waals surface area contributed by atoms with Crippen LogP contribution in [0.15, 0.2) is 36.5 Å². The number of rotatable bonds is 3. The van der Waals surface area contributed by atoms with Crippen molar-refractivity contribution in [2.75, 3.05) is 10.4 Å². The number of carbonyl (C=O) groups is 1. The number of aromatic nitrogens is 1. The van der Waals surface area contributed by atoms with Crippen LogP contribution in [0.5, 0.6) is 0 Å². The Balaban J connectivity index is 2.53. The molecule has 2 N–H and O–H groups in total. The zero-order valence-corrected chi connectivity index (χ0v) is 10.5. The smallest absolute Gasteiger partial charge is 0.229 e. The van der Waals surface area contributed by atoms with Gasteiger partial charge in [0.05, 0.1) is 11.4 Å². The minimum atomic E-state index is -0.885. The van der Waals surface area contributed by atoms with Crippen LogP contribution in [0.1, 0.15) is 6.92 Å². The lowest BCUT2D eigenvalue weighted by molar-refractivity contribution is -0.115. The summed E-state index contributed by atoms with van der Waals surface area (Å²) in [5.74, 6) is -2.03. The van der Waals surface area contributed by atoms with Gasteiger partial charge in [-0.3, -0.25) is 20.4 Å². The molecule has 1 heterocycles. The van der Waals surface area contributed by atoms with Crippen LogP contribution < -0.4 is 10.4 Å². The SMILES string of the molecule is CC(=O)N(c1cc(NO)ccn1)c1ccc(F)cc1F. The Bertz CT molecular complexity index is 649. The van der Waals surface area contributed by atoms with Crippen molar-refractivity contribution in [3.8, 4) is 0 Å². The molecule has 0 radical (unpaired) electrons. The maximum Gasteiger partial charge on any atom is 0.229 e. The van der Waals surface area contributed by atoms with Crippen molar-refractivity contribution in [2.45, 2.75) is 6.92 Å². The summed E-state index contributed by atoms with van der Waals surface area (Å²) >= 11 is 0. The highest BCUT2D eigenvalue weighted by atomic mass is 19.1. The largest absolute Gasteiger partial charge is 0.291 e. The van der Waals surface area contributed by atoms with Gasteiger partial charge in [-0.05, 0) is 18.2 Å². The molecule has 0 bridgehead atoms. The zero-order valence-electron chi connectivity index (χ0n) is 10.5. The highest BCUT2D eigenvalue weighted by Gasteiger charge is 2.19. The molecule has 0 unspecified atom stereocenters. The maximum absolute atomic E-state index is 13.8. The lowest BCUT2D eigenvalue weighted by atomic mass is 10.2. The van der Waals surface area contributed by atoms with E-state index in [1.54, 1.807) is 0 Å². The van der Waals surface area contributed by atoms with Crippen molar-refractivity contribution >= 4 is 23.1 Å². The predicted molar refractivity (Wildman–Crippen MR) is 68.8 cm³/mol. The van der Waals surface area contributed by atoms with Gasteiger partial charge in [0, 0.05) is 25.3 Å². The molecule has 0 fully saturated rings. The van der Waals surface area contributed by atoms with E-state index in [9.17, 15) is 13.6 Å². The van der Waals surface area contributed by atoms with Crippen molar-refractivity contribution in [3.05, 3.63) is 48.2 Å². The van der Waals surface area contributed by atoms with Crippen LogP contribution in [-0.2, 0) is 4.79 Å². The monoisotopic (exact) mass is 279 g/mol. The lowest BCUT2D eigenvalue weighted by Crippen LogP contribution is -2.24.